The van der Waals surface area contributed by atoms with Crippen LogP contribution in [0.2, 0.25) is 0 Å². The molecule has 12 heteroatoms. The van der Waals surface area contributed by atoms with Gasteiger partial charge in [-0.25, -0.2) is 4.79 Å². The molecule has 1 heterocycles. The Labute approximate surface area is 413 Å². The molecule has 0 radical (unpaired) electrons. The van der Waals surface area contributed by atoms with Gasteiger partial charge in [-0.05, 0) is 106 Å². The molecule has 0 aromatic heterocycles. The summed E-state index contributed by atoms with van der Waals surface area (Å²) >= 11 is 1.92. The third kappa shape index (κ3) is 15.9. The van der Waals surface area contributed by atoms with Gasteiger partial charge in [0, 0.05) is 37.2 Å². The van der Waals surface area contributed by atoms with Crippen LogP contribution in [-0.4, -0.2) is 78.4 Å². The maximum Gasteiger partial charge on any atom is 0.417 e. The van der Waals surface area contributed by atoms with E-state index in [1.54, 1.807) is 37.5 Å². The summed E-state index contributed by atoms with van der Waals surface area (Å²) in [6.45, 7) is 13.0. The Kier molecular flexibility index (Phi) is 23.4. The van der Waals surface area contributed by atoms with Crippen molar-refractivity contribution in [1.29, 1.82) is 0 Å². The van der Waals surface area contributed by atoms with Gasteiger partial charge in [0.1, 0.15) is 28.6 Å². The Balaban J connectivity index is 1.45. The molecular weight excluding hydrogens is 877 g/mol. The van der Waals surface area contributed by atoms with E-state index in [1.165, 1.54) is 90.6 Å². The smallest absolute Gasteiger partial charge is 0.417 e. The minimum absolute atomic E-state index is 0.116. The molecule has 1 saturated carbocycles. The molecule has 5 rings (SSSR count). The monoisotopic (exact) mass is 963 g/mol. The number of anilines is 1. The van der Waals surface area contributed by atoms with E-state index in [9.17, 15) is 15.0 Å². The van der Waals surface area contributed by atoms with E-state index in [0.717, 1.165) is 54.7 Å². The predicted molar refractivity (Wildman–Crippen MR) is 278 cm³/mol. The lowest BCUT2D eigenvalue weighted by Crippen LogP contribution is -2.64. The van der Waals surface area contributed by atoms with Crippen molar-refractivity contribution < 1.29 is 43.5 Å². The average molecular weight is 963 g/mol. The molecule has 2 aromatic carbocycles. The second-order valence-corrected chi connectivity index (χ2v) is 21.3. The van der Waals surface area contributed by atoms with Crippen LogP contribution in [0.25, 0.3) is 0 Å². The highest BCUT2D eigenvalue weighted by Gasteiger charge is 2.64. The number of allylic oxidation sites excluding steroid dienone is 1. The zero-order valence-corrected chi connectivity index (χ0v) is 43.3. The van der Waals surface area contributed by atoms with Gasteiger partial charge in [0.2, 0.25) is 5.79 Å². The second kappa shape index (κ2) is 28.8. The molecule has 68 heavy (non-hydrogen) atoms. The molecule has 2 aliphatic carbocycles. The van der Waals surface area contributed by atoms with Crippen LogP contribution in [-0.2, 0) is 9.57 Å². The Hall–Kier alpha value is -3.71. The fourth-order valence-corrected chi connectivity index (χ4v) is 11.8. The number of carbonyl (C=O) groups excluding carboxylic acids is 1. The normalized spacial score (nSPS) is 22.4. The first-order valence-corrected chi connectivity index (χ1v) is 27.2. The molecule has 380 valence electrons. The lowest BCUT2D eigenvalue weighted by atomic mass is 9.56. The first kappa shape index (κ1) is 55.2. The standard InChI is InChI=1S/C56H86N2O9S/c1-8-10-11-12-13-14-15-16-17-18-19-20-21-26-36-68-51-40-48(58-67-55(3,4)5)45-37-41(27-22-24-33-59)44(28-23-25-34-60)52-46-38-43(30-32-49(46)66-56(51,53(45)52)64-35-9-2)65-54(61)57-47-31-29-42(62-6)39-50(47)63-7/h9,29-32,37-39,41,44,51-53,59-60H,2,8,10-28,33-36,40H2,1,3-7H3,(H,57,61). The Morgan fingerprint density at radius 3 is 2.12 bits per heavy atom. The number of nitrogens with one attached hydrogen (secondary N) is 1. The van der Waals surface area contributed by atoms with Crippen LogP contribution in [0, 0.1) is 17.8 Å². The van der Waals surface area contributed by atoms with Crippen LogP contribution >= 0.6 is 11.8 Å². The molecule has 0 spiro atoms. The van der Waals surface area contributed by atoms with Gasteiger partial charge in [-0.15, -0.1) is 6.58 Å². The molecule has 0 saturated heterocycles. The summed E-state index contributed by atoms with van der Waals surface area (Å²) in [6, 6.07) is 10.8. The van der Waals surface area contributed by atoms with Crippen LogP contribution in [0.1, 0.15) is 174 Å². The summed E-state index contributed by atoms with van der Waals surface area (Å²) < 4.78 is 31.4. The Bertz CT molecular complexity index is 1900. The molecule has 1 aliphatic heterocycles. The third-order valence-corrected chi connectivity index (χ3v) is 15.1. The summed E-state index contributed by atoms with van der Waals surface area (Å²) in [5, 5.41) is 27.6. The molecule has 1 fully saturated rings. The second-order valence-electron chi connectivity index (χ2n) is 20.0. The molecule has 2 aromatic rings. The molecule has 11 nitrogen and oxygen atoms in total. The van der Waals surface area contributed by atoms with E-state index in [1.807, 2.05) is 44.7 Å². The maximum atomic E-state index is 13.6. The highest BCUT2D eigenvalue weighted by molar-refractivity contribution is 8.00. The van der Waals surface area contributed by atoms with Crippen LogP contribution in [0.4, 0.5) is 10.5 Å². The molecule has 3 N–H and O–H groups in total. The van der Waals surface area contributed by atoms with Gasteiger partial charge in [-0.3, -0.25) is 5.32 Å². The van der Waals surface area contributed by atoms with Crippen LogP contribution in [0.3, 0.4) is 0 Å². The van der Waals surface area contributed by atoms with E-state index >= 15 is 0 Å². The number of rotatable bonds is 32. The number of hydrogen-bond donors (Lipinski definition) is 3. The number of carbonyl (C=O) groups is 1. The number of benzene rings is 2. The van der Waals surface area contributed by atoms with Crippen molar-refractivity contribution in [2.75, 3.05) is 45.1 Å². The molecular formula is C56H86N2O9S. The highest BCUT2D eigenvalue weighted by atomic mass is 32.2. The number of methoxy groups -OCH3 is 2. The summed E-state index contributed by atoms with van der Waals surface area (Å²) in [4.78, 5) is 19.9. The van der Waals surface area contributed by atoms with Crippen molar-refractivity contribution in [3.05, 3.63) is 66.3 Å². The number of thioether (sulfide) groups is 1. The molecule has 6 unspecified atom stereocenters. The average Bonchev–Trinajstić information content (AvgIpc) is 3.32. The van der Waals surface area contributed by atoms with E-state index < -0.39 is 17.5 Å². The van der Waals surface area contributed by atoms with Crippen molar-refractivity contribution in [3.63, 3.8) is 0 Å². The minimum atomic E-state index is -1.06. The topological polar surface area (TPSA) is 137 Å². The number of oxime groups is 1. The lowest BCUT2D eigenvalue weighted by molar-refractivity contribution is -0.223. The summed E-state index contributed by atoms with van der Waals surface area (Å²) in [5.74, 6) is 1.88. The number of unbranched alkanes of at least 4 members (excludes halogenated alkanes) is 15. The summed E-state index contributed by atoms with van der Waals surface area (Å²) in [6.07, 6.45) is 27.5. The molecule has 1 amide bonds. The first-order chi connectivity index (χ1) is 33.0. The lowest BCUT2D eigenvalue weighted by Gasteiger charge is -2.58. The van der Waals surface area contributed by atoms with Gasteiger partial charge in [0.05, 0.1) is 43.4 Å². The van der Waals surface area contributed by atoms with Crippen molar-refractivity contribution in [2.45, 2.75) is 185 Å². The fourth-order valence-electron chi connectivity index (χ4n) is 10.4. The highest BCUT2D eigenvalue weighted by Crippen LogP contribution is 2.62. The van der Waals surface area contributed by atoms with E-state index in [-0.39, 0.29) is 42.1 Å². The zero-order valence-electron chi connectivity index (χ0n) is 42.5. The van der Waals surface area contributed by atoms with Crippen molar-refractivity contribution in [1.82, 2.24) is 0 Å². The molecule has 0 bridgehead atoms. The van der Waals surface area contributed by atoms with E-state index in [2.05, 4.69) is 24.9 Å². The van der Waals surface area contributed by atoms with E-state index in [0.29, 0.717) is 54.6 Å². The zero-order chi connectivity index (χ0) is 48.8. The molecule has 3 aliphatic rings. The number of aliphatic hydroxyl groups excluding tert-OH is 2. The Morgan fingerprint density at radius 1 is 0.853 bits per heavy atom. The van der Waals surface area contributed by atoms with Gasteiger partial charge >= 0.3 is 6.09 Å². The Morgan fingerprint density at radius 2 is 1.50 bits per heavy atom. The largest absolute Gasteiger partial charge is 0.497 e. The number of amides is 1. The van der Waals surface area contributed by atoms with Crippen LogP contribution < -0.4 is 24.3 Å². The number of hydrogen-bond acceptors (Lipinski definition) is 11. The van der Waals surface area contributed by atoms with Crippen molar-refractivity contribution in [2.24, 2.45) is 22.9 Å². The number of aliphatic hydroxyl groups is 2. The number of nitrogens with zero attached hydrogens (tertiary/aromatic N) is 1. The van der Waals surface area contributed by atoms with Gasteiger partial charge in [0.25, 0.3) is 0 Å². The van der Waals surface area contributed by atoms with Gasteiger partial charge in [-0.2, -0.15) is 11.8 Å². The molecule has 6 atom stereocenters. The van der Waals surface area contributed by atoms with Gasteiger partial charge in [-0.1, -0.05) is 121 Å². The van der Waals surface area contributed by atoms with Crippen LogP contribution in [0.15, 0.2) is 65.9 Å². The first-order valence-electron chi connectivity index (χ1n) is 26.1. The SMILES string of the molecule is C=CCOC12Oc3ccc(OC(=O)Nc4ccc(OC)cc4OC)cc3C3C(CCCCO)C(CCCCO)C=C(C(=NOC(C)(C)C)CC1SCCCCCCCCCCCCCCCC)C32. The van der Waals surface area contributed by atoms with Crippen molar-refractivity contribution in [3.8, 4) is 23.0 Å². The van der Waals surface area contributed by atoms with Gasteiger partial charge in [0.15, 0.2) is 0 Å². The van der Waals surface area contributed by atoms with E-state index in [4.69, 9.17) is 33.7 Å². The quantitative estimate of drug-likeness (QED) is 0.0369. The van der Waals surface area contributed by atoms with Gasteiger partial charge < -0.3 is 38.7 Å². The number of ether oxygens (including phenoxy) is 5. The van der Waals surface area contributed by atoms with Crippen molar-refractivity contribution >= 4 is 29.3 Å². The fraction of sp³-hybridized carbons (Fsp3) is 0.679. The minimum Gasteiger partial charge on any atom is -0.497 e. The van der Waals surface area contributed by atoms with Crippen LogP contribution in [0.5, 0.6) is 23.0 Å². The summed E-state index contributed by atoms with van der Waals surface area (Å²) in [7, 11) is 3.11. The maximum absolute atomic E-state index is 13.6. The number of fused-ring (bicyclic) bond motifs is 2. The summed E-state index contributed by atoms with van der Waals surface area (Å²) in [5.41, 5.74) is 2.88. The third-order valence-electron chi connectivity index (χ3n) is 13.7. The predicted octanol–water partition coefficient (Wildman–Crippen LogP) is 14.0.